The molecule has 3 fully saturated rings. The molecule has 2 saturated carbocycles. The van der Waals surface area contributed by atoms with Gasteiger partial charge in [-0.2, -0.15) is 13.2 Å². The van der Waals surface area contributed by atoms with Gasteiger partial charge < -0.3 is 14.9 Å². The number of rotatable bonds is 6. The molecule has 0 spiro atoms. The third-order valence-corrected chi connectivity index (χ3v) is 7.90. The molecule has 1 saturated heterocycles. The molecule has 0 bridgehead atoms. The Bertz CT molecular complexity index is 805. The van der Waals surface area contributed by atoms with Crippen molar-refractivity contribution >= 4 is 5.91 Å². The van der Waals surface area contributed by atoms with Crippen LogP contribution in [0.5, 0.6) is 0 Å². The Labute approximate surface area is 229 Å². The normalized spacial score (nSPS) is 20.9. The van der Waals surface area contributed by atoms with E-state index in [4.69, 9.17) is 0 Å². The molecule has 4 rings (SSSR count). The lowest BCUT2D eigenvalue weighted by Crippen LogP contribution is -2.51. The number of unbranched alkanes of at least 4 members (excludes halogenated alkanes) is 1. The van der Waals surface area contributed by atoms with E-state index in [1.54, 1.807) is 0 Å². The number of piperidine rings is 1. The number of likely N-dealkylation sites (tertiary alicyclic amines) is 1. The molecule has 7 heteroatoms. The number of benzene rings is 1. The van der Waals surface area contributed by atoms with E-state index < -0.39 is 11.8 Å². The van der Waals surface area contributed by atoms with E-state index in [2.05, 4.69) is 32.6 Å². The van der Waals surface area contributed by atoms with Gasteiger partial charge in [0, 0.05) is 36.8 Å². The zero-order valence-electron chi connectivity index (χ0n) is 24.3. The maximum absolute atomic E-state index is 13.3. The number of nitrogens with zero attached hydrogens (tertiary/aromatic N) is 2. The molecule has 218 valence electrons. The molecular weight excluding hydrogens is 489 g/mol. The predicted octanol–water partition coefficient (Wildman–Crippen LogP) is 8.08. The minimum atomic E-state index is -4.77. The van der Waals surface area contributed by atoms with E-state index in [1.165, 1.54) is 75.6 Å². The van der Waals surface area contributed by atoms with Crippen LogP contribution in [0.25, 0.3) is 0 Å². The zero-order chi connectivity index (χ0) is 28.3. The Morgan fingerprint density at radius 1 is 0.868 bits per heavy atom. The van der Waals surface area contributed by atoms with Crippen molar-refractivity contribution < 1.29 is 23.1 Å². The van der Waals surface area contributed by atoms with E-state index in [0.29, 0.717) is 11.6 Å². The molecule has 1 aliphatic heterocycles. The summed E-state index contributed by atoms with van der Waals surface area (Å²) in [4.78, 5) is 17.9. The number of alkyl halides is 3. The third-order valence-electron chi connectivity index (χ3n) is 7.90. The van der Waals surface area contributed by atoms with Crippen molar-refractivity contribution in [2.75, 3.05) is 13.1 Å². The summed E-state index contributed by atoms with van der Waals surface area (Å²) in [6, 6.07) is 6.41. The molecule has 0 aromatic heterocycles. The van der Waals surface area contributed by atoms with E-state index in [0.717, 1.165) is 45.7 Å². The number of aliphatic hydroxyl groups is 1. The highest BCUT2D eigenvalue weighted by Gasteiger charge is 2.51. The van der Waals surface area contributed by atoms with Crippen LogP contribution in [-0.2, 0) is 5.60 Å². The fourth-order valence-electron chi connectivity index (χ4n) is 5.21. The number of carbonyl (C=O) groups excluding carboxylic acids is 1. The Hall–Kier alpha value is -1.60. The Morgan fingerprint density at radius 3 is 1.76 bits per heavy atom. The smallest absolute Gasteiger partial charge is 0.376 e. The Kier molecular flexibility index (Phi) is 13.1. The molecule has 1 atom stereocenters. The van der Waals surface area contributed by atoms with Gasteiger partial charge in [-0.1, -0.05) is 78.4 Å². The summed E-state index contributed by atoms with van der Waals surface area (Å²) in [6.07, 6.45) is 9.56. The van der Waals surface area contributed by atoms with Crippen molar-refractivity contribution in [2.24, 2.45) is 0 Å². The molecule has 2 aliphatic carbocycles. The van der Waals surface area contributed by atoms with Gasteiger partial charge >= 0.3 is 6.18 Å². The molecule has 1 heterocycles. The van der Waals surface area contributed by atoms with Gasteiger partial charge in [0.25, 0.3) is 5.91 Å². The summed E-state index contributed by atoms with van der Waals surface area (Å²) < 4.78 is 39.3. The van der Waals surface area contributed by atoms with Gasteiger partial charge in [0.1, 0.15) is 0 Å². The molecule has 1 aromatic carbocycles. The number of carbonyl (C=O) groups is 1. The fourth-order valence-corrected chi connectivity index (χ4v) is 5.21. The van der Waals surface area contributed by atoms with Crippen LogP contribution in [-0.4, -0.2) is 58.2 Å². The van der Waals surface area contributed by atoms with Gasteiger partial charge in [-0.15, -0.1) is 0 Å². The van der Waals surface area contributed by atoms with Gasteiger partial charge in [0.15, 0.2) is 5.60 Å². The predicted molar refractivity (Wildman–Crippen MR) is 149 cm³/mol. The summed E-state index contributed by atoms with van der Waals surface area (Å²) in [6.45, 7) is 11.4. The summed E-state index contributed by atoms with van der Waals surface area (Å²) >= 11 is 0. The monoisotopic (exact) mass is 540 g/mol. The van der Waals surface area contributed by atoms with Crippen molar-refractivity contribution in [3.8, 4) is 0 Å². The van der Waals surface area contributed by atoms with E-state index in [1.807, 2.05) is 4.90 Å². The molecule has 4 nitrogen and oxygen atoms in total. The van der Waals surface area contributed by atoms with Gasteiger partial charge in [0.2, 0.25) is 0 Å². The summed E-state index contributed by atoms with van der Waals surface area (Å²) in [7, 11) is 0. The molecule has 1 N–H and O–H groups in total. The summed E-state index contributed by atoms with van der Waals surface area (Å²) in [5, 5.41) is 9.87. The highest BCUT2D eigenvalue weighted by Crippen LogP contribution is 2.39. The lowest BCUT2D eigenvalue weighted by atomic mass is 9.91. The number of hydrogen-bond donors (Lipinski definition) is 1. The van der Waals surface area contributed by atoms with Crippen LogP contribution in [0.3, 0.4) is 0 Å². The second-order valence-corrected chi connectivity index (χ2v) is 11.4. The van der Waals surface area contributed by atoms with Crippen LogP contribution in [0.4, 0.5) is 13.2 Å². The zero-order valence-corrected chi connectivity index (χ0v) is 24.3. The van der Waals surface area contributed by atoms with Crippen molar-refractivity contribution in [1.29, 1.82) is 0 Å². The van der Waals surface area contributed by atoms with E-state index in [-0.39, 0.29) is 23.6 Å². The largest absolute Gasteiger partial charge is 0.421 e. The van der Waals surface area contributed by atoms with Crippen LogP contribution in [0.1, 0.15) is 128 Å². The Morgan fingerprint density at radius 2 is 1.34 bits per heavy atom. The summed E-state index contributed by atoms with van der Waals surface area (Å²) in [5.41, 5.74) is -2.80. The first kappa shape index (κ1) is 32.6. The number of hydrogen-bond acceptors (Lipinski definition) is 3. The number of halogens is 3. The highest BCUT2D eigenvalue weighted by atomic mass is 19.4. The molecule has 0 radical (unpaired) electrons. The van der Waals surface area contributed by atoms with E-state index >= 15 is 0 Å². The minimum absolute atomic E-state index is 0.100. The molecule has 1 unspecified atom stereocenters. The van der Waals surface area contributed by atoms with Gasteiger partial charge in [-0.25, -0.2) is 0 Å². The van der Waals surface area contributed by atoms with Crippen molar-refractivity contribution in [3.05, 3.63) is 35.4 Å². The van der Waals surface area contributed by atoms with Crippen molar-refractivity contribution in [1.82, 2.24) is 9.80 Å². The third kappa shape index (κ3) is 8.97. The summed E-state index contributed by atoms with van der Waals surface area (Å²) in [5.74, 6) is -0.100. The Balaban J connectivity index is 0.000000650. The maximum Gasteiger partial charge on any atom is 0.421 e. The first-order valence-corrected chi connectivity index (χ1v) is 15.0. The first-order valence-electron chi connectivity index (χ1n) is 15.0. The lowest BCUT2D eigenvalue weighted by Gasteiger charge is -2.42. The van der Waals surface area contributed by atoms with Crippen LogP contribution in [0, 0.1) is 0 Å². The average molecular weight is 541 g/mol. The second kappa shape index (κ2) is 15.3. The van der Waals surface area contributed by atoms with Crippen molar-refractivity contribution in [2.45, 2.75) is 142 Å². The molecule has 38 heavy (non-hydrogen) atoms. The van der Waals surface area contributed by atoms with Gasteiger partial charge in [0.05, 0.1) is 0 Å². The maximum atomic E-state index is 13.3. The molecule has 1 amide bonds. The number of amides is 1. The molecular formula is C31H51F3N2O2. The molecule has 3 aliphatic rings. The van der Waals surface area contributed by atoms with Gasteiger partial charge in [-0.05, 0) is 63.1 Å². The minimum Gasteiger partial charge on any atom is -0.376 e. The van der Waals surface area contributed by atoms with Crippen LogP contribution in [0.15, 0.2) is 24.3 Å². The topological polar surface area (TPSA) is 43.8 Å². The lowest BCUT2D eigenvalue weighted by molar-refractivity contribution is -0.258. The van der Waals surface area contributed by atoms with Crippen LogP contribution in [0.2, 0.25) is 0 Å². The highest BCUT2D eigenvalue weighted by molar-refractivity contribution is 5.95. The standard InChI is InChI=1S/C24H33F3N2O2.C4H10.C3H8/c1-23(31,24(25,26)27)18-9-7-17(8-10-18)22(30)29(20-11-12-20)21-13-15-28(16-14-21)19-5-3-2-4-6-19;1-3-4-2;1-3-2/h7-10,19-21,31H,2-6,11-16H2,1H3;3-4H2,1-2H3;3H2,1-2H3. The van der Waals surface area contributed by atoms with Crippen LogP contribution >= 0.6 is 0 Å². The average Bonchev–Trinajstić information content (AvgIpc) is 3.75. The second-order valence-electron chi connectivity index (χ2n) is 11.4. The van der Waals surface area contributed by atoms with Crippen molar-refractivity contribution in [3.63, 3.8) is 0 Å². The fraction of sp³-hybridized carbons (Fsp3) is 0.774. The van der Waals surface area contributed by atoms with E-state index in [9.17, 15) is 23.1 Å². The SMILES string of the molecule is CC(O)(c1ccc(C(=O)N(C2CC2)C2CCN(C3CCCCC3)CC2)cc1)C(F)(F)F.CCC.CCCC. The quantitative estimate of drug-likeness (QED) is 0.397. The molecule has 1 aromatic rings. The first-order chi connectivity index (χ1) is 18.0. The van der Waals surface area contributed by atoms with Crippen LogP contribution < -0.4 is 0 Å². The van der Waals surface area contributed by atoms with Gasteiger partial charge in [-0.3, -0.25) is 4.79 Å².